The molecule has 0 saturated carbocycles. The zero-order valence-corrected chi connectivity index (χ0v) is 60.8. The maximum absolute atomic E-state index is 13.6. The van der Waals surface area contributed by atoms with Crippen LogP contribution in [0.2, 0.25) is 0 Å². The average Bonchev–Trinajstić information content (AvgIpc) is 3.62. The summed E-state index contributed by atoms with van der Waals surface area (Å²) >= 11 is 0. The number of nitrogens with one attached hydrogen (secondary N) is 1. The molecule has 0 aromatic rings. The van der Waals surface area contributed by atoms with Gasteiger partial charge in [-0.3, -0.25) is 18.6 Å². The van der Waals surface area contributed by atoms with Crippen molar-refractivity contribution in [3.05, 3.63) is 60.8 Å². The molecule has 9 nitrogen and oxygen atoms in total. The Labute approximate surface area is 553 Å². The van der Waals surface area contributed by atoms with Gasteiger partial charge in [0.1, 0.15) is 19.3 Å². The van der Waals surface area contributed by atoms with Crippen molar-refractivity contribution in [2.24, 2.45) is 0 Å². The van der Waals surface area contributed by atoms with Crippen LogP contribution in [0.1, 0.15) is 380 Å². The fourth-order valence-electron chi connectivity index (χ4n) is 11.5. The molecule has 0 saturated heterocycles. The fraction of sp³-hybridized carbons (Fsp3) is 0.848. The number of carbonyl (C=O) groups is 2. The first-order valence-electron chi connectivity index (χ1n) is 38.6. The molecule has 10 heteroatoms. The summed E-state index contributed by atoms with van der Waals surface area (Å²) in [6.45, 7) is 7.03. The van der Waals surface area contributed by atoms with Crippen molar-refractivity contribution >= 4 is 19.7 Å². The van der Waals surface area contributed by atoms with Crippen LogP contribution in [0.25, 0.3) is 0 Å². The number of phosphoric acid groups is 1. The van der Waals surface area contributed by atoms with Gasteiger partial charge in [0.2, 0.25) is 5.91 Å². The summed E-state index contributed by atoms with van der Waals surface area (Å²) in [7, 11) is 1.51. The van der Waals surface area contributed by atoms with Gasteiger partial charge in [0, 0.05) is 12.8 Å². The summed E-state index contributed by atoms with van der Waals surface area (Å²) < 4.78 is 30.9. The van der Waals surface area contributed by atoms with Crippen LogP contribution in [-0.2, 0) is 27.9 Å². The molecule has 0 aromatic carbocycles. The molecule has 0 rings (SSSR count). The van der Waals surface area contributed by atoms with E-state index in [1.165, 1.54) is 276 Å². The van der Waals surface area contributed by atoms with E-state index in [1.807, 2.05) is 33.3 Å². The van der Waals surface area contributed by atoms with Crippen molar-refractivity contribution in [2.45, 2.75) is 392 Å². The molecule has 0 aliphatic heterocycles. The standard InChI is InChI=1S/C79H149N2O7P/c1-7-10-13-16-19-22-25-27-29-31-33-35-37-39-40-42-44-46-48-50-52-54-57-60-63-66-69-72-79(83)88-77(70-67-64-61-58-55-24-21-18-15-12-9-3)76(75-87-89(84,85)86-74-73-81(4,5)6)80-78(82)71-68-65-62-59-56-53-51-49-47-45-43-41-38-36-34-32-30-28-26-23-20-17-14-11-8-2/h20,23,27-30,34,36,67,70,76-77H,7-19,21-22,24-26,31-33,35,37-66,68-69,71-75H2,1-6H3,(H-,80,82,84,85)/p+1/b23-20-,29-27+,30-28-,36-34-,70-67+. The van der Waals surface area contributed by atoms with Gasteiger partial charge in [-0.1, -0.05) is 332 Å². The Bertz CT molecular complexity index is 1700. The maximum Gasteiger partial charge on any atom is 0.472 e. The van der Waals surface area contributed by atoms with E-state index in [0.29, 0.717) is 23.9 Å². The number of hydrogen-bond acceptors (Lipinski definition) is 6. The average molecular weight is 1270 g/mol. The van der Waals surface area contributed by atoms with E-state index < -0.39 is 20.0 Å². The zero-order chi connectivity index (χ0) is 64.9. The van der Waals surface area contributed by atoms with Crippen LogP contribution >= 0.6 is 7.82 Å². The molecule has 0 spiro atoms. The monoisotopic (exact) mass is 1270 g/mol. The SMILES string of the molecule is CCCCC/C=C\C/C=C\C/C=C\CCCCCCCCCCCCCCC(=O)NC(COP(=O)(O)OCC[N+](C)(C)C)C(/C=C/CCCCCCCCCCC)OC(=O)CCCCCCCCCCCCCCCCCCC/C=C/CCCCCCCC. The van der Waals surface area contributed by atoms with Crippen molar-refractivity contribution < 1.29 is 37.3 Å². The molecule has 0 fully saturated rings. The smallest absolute Gasteiger partial charge is 0.456 e. The van der Waals surface area contributed by atoms with Gasteiger partial charge in [0.05, 0.1) is 33.8 Å². The maximum atomic E-state index is 13.6. The van der Waals surface area contributed by atoms with Gasteiger partial charge >= 0.3 is 13.8 Å². The minimum atomic E-state index is -4.46. The lowest BCUT2D eigenvalue weighted by Gasteiger charge is -2.27. The third-order valence-corrected chi connectivity index (χ3v) is 18.4. The van der Waals surface area contributed by atoms with Crippen molar-refractivity contribution in [2.75, 3.05) is 40.9 Å². The molecule has 0 heterocycles. The number of esters is 1. The highest BCUT2D eigenvalue weighted by Crippen LogP contribution is 2.43. The lowest BCUT2D eigenvalue weighted by molar-refractivity contribution is -0.870. The van der Waals surface area contributed by atoms with Crippen molar-refractivity contribution in [3.8, 4) is 0 Å². The van der Waals surface area contributed by atoms with Crippen LogP contribution in [-0.4, -0.2) is 74.3 Å². The Morgan fingerprint density at radius 2 is 0.685 bits per heavy atom. The summed E-state index contributed by atoms with van der Waals surface area (Å²) in [6.07, 6.45) is 89.7. The largest absolute Gasteiger partial charge is 0.472 e. The molecule has 1 amide bonds. The summed E-state index contributed by atoms with van der Waals surface area (Å²) in [5, 5.41) is 3.08. The second-order valence-corrected chi connectivity index (χ2v) is 29.0. The van der Waals surface area contributed by atoms with Crippen molar-refractivity contribution in [1.82, 2.24) is 5.32 Å². The van der Waals surface area contributed by atoms with Crippen LogP contribution in [0.15, 0.2) is 60.8 Å². The second kappa shape index (κ2) is 68.6. The second-order valence-electron chi connectivity index (χ2n) is 27.5. The highest BCUT2D eigenvalue weighted by molar-refractivity contribution is 7.47. The number of likely N-dealkylation sites (N-methyl/N-ethyl adjacent to an activating group) is 1. The predicted molar refractivity (Wildman–Crippen MR) is 388 cm³/mol. The molecule has 3 unspecified atom stereocenters. The molecule has 89 heavy (non-hydrogen) atoms. The third kappa shape index (κ3) is 69.9. The summed E-state index contributed by atoms with van der Waals surface area (Å²) in [5.41, 5.74) is 0. The number of allylic oxidation sites excluding steroid dienone is 9. The first-order valence-corrected chi connectivity index (χ1v) is 40.1. The molecule has 0 bridgehead atoms. The summed E-state index contributed by atoms with van der Waals surface area (Å²) in [5.74, 6) is -0.491. The number of quaternary nitrogens is 1. The Balaban J connectivity index is 4.90. The quantitative estimate of drug-likeness (QED) is 0.0205. The van der Waals surface area contributed by atoms with E-state index in [-0.39, 0.29) is 25.1 Å². The van der Waals surface area contributed by atoms with Crippen molar-refractivity contribution in [1.29, 1.82) is 0 Å². The number of unbranched alkanes of at least 4 members (excludes halogenated alkanes) is 47. The Morgan fingerprint density at radius 1 is 0.393 bits per heavy atom. The van der Waals surface area contributed by atoms with E-state index >= 15 is 0 Å². The van der Waals surface area contributed by atoms with E-state index in [1.54, 1.807) is 0 Å². The zero-order valence-electron chi connectivity index (χ0n) is 59.9. The molecule has 0 aromatic heterocycles. The van der Waals surface area contributed by atoms with Gasteiger partial charge in [-0.2, -0.15) is 0 Å². The van der Waals surface area contributed by atoms with Crippen molar-refractivity contribution in [3.63, 3.8) is 0 Å². The lowest BCUT2D eigenvalue weighted by Crippen LogP contribution is -2.47. The van der Waals surface area contributed by atoms with E-state index in [9.17, 15) is 19.0 Å². The van der Waals surface area contributed by atoms with E-state index in [2.05, 4.69) is 74.7 Å². The molecule has 3 atom stereocenters. The molecular weight excluding hydrogens is 1120 g/mol. The van der Waals surface area contributed by atoms with Gasteiger partial charge in [-0.15, -0.1) is 0 Å². The number of phosphoric ester groups is 1. The van der Waals surface area contributed by atoms with E-state index in [4.69, 9.17) is 13.8 Å². The molecule has 0 aliphatic carbocycles. The number of nitrogens with zero attached hydrogens (tertiary/aromatic N) is 1. The summed E-state index contributed by atoms with van der Waals surface area (Å²) in [4.78, 5) is 38.0. The Kier molecular flexibility index (Phi) is 66.8. The van der Waals surface area contributed by atoms with Gasteiger partial charge in [-0.25, -0.2) is 4.57 Å². The Morgan fingerprint density at radius 3 is 1.06 bits per heavy atom. The third-order valence-electron chi connectivity index (χ3n) is 17.4. The van der Waals surface area contributed by atoms with Gasteiger partial charge < -0.3 is 19.4 Å². The minimum absolute atomic E-state index is 0.0407. The molecule has 2 N–H and O–H groups in total. The van der Waals surface area contributed by atoms with Gasteiger partial charge in [0.15, 0.2) is 0 Å². The number of amides is 1. The number of carbonyl (C=O) groups excluding carboxylic acids is 2. The van der Waals surface area contributed by atoms with Crippen LogP contribution in [0, 0.1) is 0 Å². The first-order chi connectivity index (χ1) is 43.4. The predicted octanol–water partition coefficient (Wildman–Crippen LogP) is 24.9. The topological polar surface area (TPSA) is 111 Å². The highest BCUT2D eigenvalue weighted by atomic mass is 31.2. The lowest BCUT2D eigenvalue weighted by atomic mass is 10.0. The fourth-order valence-corrected chi connectivity index (χ4v) is 12.2. The number of hydrogen-bond donors (Lipinski definition) is 2. The van der Waals surface area contributed by atoms with Gasteiger partial charge in [0.25, 0.3) is 0 Å². The number of rotatable bonds is 71. The highest BCUT2D eigenvalue weighted by Gasteiger charge is 2.30. The molecule has 0 aliphatic rings. The minimum Gasteiger partial charge on any atom is -0.456 e. The van der Waals surface area contributed by atoms with Gasteiger partial charge in [-0.05, 0) is 96.0 Å². The Hall–Kier alpha value is -2.29. The molecule has 0 radical (unpaired) electrons. The molecular formula is C79H150N2O7P+. The van der Waals surface area contributed by atoms with Crippen LogP contribution in [0.4, 0.5) is 0 Å². The van der Waals surface area contributed by atoms with E-state index in [0.717, 1.165) is 70.6 Å². The molecule has 522 valence electrons. The first kappa shape index (κ1) is 86.7. The normalized spacial score (nSPS) is 13.7. The number of ether oxygens (including phenoxy) is 1. The van der Waals surface area contributed by atoms with Crippen LogP contribution in [0.3, 0.4) is 0 Å². The summed E-state index contributed by atoms with van der Waals surface area (Å²) in [6, 6.07) is -0.850. The van der Waals surface area contributed by atoms with Crippen LogP contribution in [0.5, 0.6) is 0 Å². The van der Waals surface area contributed by atoms with Crippen LogP contribution < -0.4 is 5.32 Å².